The lowest BCUT2D eigenvalue weighted by atomic mass is 10.1. The molecule has 0 bridgehead atoms. The molecule has 2 N–H and O–H groups in total. The Balaban J connectivity index is 1.96. The number of alkyl halides is 3. The molecule has 0 aliphatic rings. The molecule has 3 amide bonds. The number of halogens is 3. The fraction of sp³-hybridized carbons (Fsp3) is 0.316. The van der Waals surface area contributed by atoms with Gasteiger partial charge in [-0.3, -0.25) is 10.1 Å². The van der Waals surface area contributed by atoms with Crippen molar-refractivity contribution in [1.82, 2.24) is 10.6 Å². The summed E-state index contributed by atoms with van der Waals surface area (Å²) in [6, 6.07) is 6.18. The lowest BCUT2D eigenvalue weighted by molar-refractivity contribution is -0.137. The summed E-state index contributed by atoms with van der Waals surface area (Å²) in [6.07, 6.45) is -4.52. The predicted molar refractivity (Wildman–Crippen MR) is 95.9 cm³/mol. The number of carbonyl (C=O) groups excluding carboxylic acids is 3. The van der Waals surface area contributed by atoms with Crippen molar-refractivity contribution in [3.05, 3.63) is 47.7 Å². The van der Waals surface area contributed by atoms with E-state index in [1.165, 1.54) is 24.3 Å². The van der Waals surface area contributed by atoms with Gasteiger partial charge in [0.2, 0.25) is 5.76 Å². The molecule has 7 nitrogen and oxygen atoms in total. The topological polar surface area (TPSA) is 97.6 Å². The van der Waals surface area contributed by atoms with Gasteiger partial charge in [0.15, 0.2) is 6.61 Å². The lowest BCUT2D eigenvalue weighted by Crippen LogP contribution is -2.49. The Labute approximate surface area is 164 Å². The first-order chi connectivity index (χ1) is 13.3. The average molecular weight is 412 g/mol. The number of hydrogen-bond donors (Lipinski definition) is 2. The fourth-order valence-electron chi connectivity index (χ4n) is 2.19. The van der Waals surface area contributed by atoms with Gasteiger partial charge in [0.05, 0.1) is 5.56 Å². The summed E-state index contributed by atoms with van der Waals surface area (Å²) in [5.41, 5.74) is -1.30. The number of rotatable bonds is 4. The van der Waals surface area contributed by atoms with Gasteiger partial charge >= 0.3 is 18.2 Å². The minimum absolute atomic E-state index is 0.0251. The molecule has 0 saturated heterocycles. The zero-order chi connectivity index (χ0) is 21.8. The van der Waals surface area contributed by atoms with Crippen molar-refractivity contribution < 1.29 is 36.7 Å². The number of carbonyl (C=O) groups is 3. The van der Waals surface area contributed by atoms with Crippen LogP contribution >= 0.6 is 0 Å². The Bertz CT molecular complexity index is 913. The minimum Gasteiger partial charge on any atom is -0.450 e. The molecule has 0 atom stereocenters. The SMILES string of the molecule is CC(C)(C)NC(=O)NC(=O)COC(=O)c1ccc(-c2cccc(C(F)(F)F)c2)o1. The predicted octanol–water partition coefficient (Wildman–Crippen LogP) is 3.75. The molecule has 0 unspecified atom stereocenters. The Morgan fingerprint density at radius 3 is 2.38 bits per heavy atom. The van der Waals surface area contributed by atoms with Gasteiger partial charge in [0.25, 0.3) is 5.91 Å². The third-order valence-corrected chi connectivity index (χ3v) is 3.36. The molecule has 0 aliphatic heterocycles. The van der Waals surface area contributed by atoms with Gasteiger partial charge in [-0.1, -0.05) is 12.1 Å². The monoisotopic (exact) mass is 412 g/mol. The van der Waals surface area contributed by atoms with E-state index in [9.17, 15) is 27.6 Å². The van der Waals surface area contributed by atoms with Gasteiger partial charge in [-0.05, 0) is 45.0 Å². The van der Waals surface area contributed by atoms with Crippen molar-refractivity contribution in [1.29, 1.82) is 0 Å². The van der Waals surface area contributed by atoms with Crippen molar-refractivity contribution in [2.45, 2.75) is 32.5 Å². The maximum Gasteiger partial charge on any atom is 0.416 e. The number of nitrogens with one attached hydrogen (secondary N) is 2. The summed E-state index contributed by atoms with van der Waals surface area (Å²) in [5.74, 6) is -2.14. The zero-order valence-electron chi connectivity index (χ0n) is 15.8. The number of hydrogen-bond acceptors (Lipinski definition) is 5. The number of esters is 1. The highest BCUT2D eigenvalue weighted by molar-refractivity contribution is 5.96. The van der Waals surface area contributed by atoms with E-state index in [1.54, 1.807) is 20.8 Å². The Morgan fingerprint density at radius 2 is 1.76 bits per heavy atom. The van der Waals surface area contributed by atoms with Crippen LogP contribution in [0.25, 0.3) is 11.3 Å². The van der Waals surface area contributed by atoms with Crippen molar-refractivity contribution in [3.63, 3.8) is 0 Å². The summed E-state index contributed by atoms with van der Waals surface area (Å²) in [4.78, 5) is 35.2. The third-order valence-electron chi connectivity index (χ3n) is 3.36. The van der Waals surface area contributed by atoms with Gasteiger partial charge in [-0.15, -0.1) is 0 Å². The molecule has 0 aliphatic carbocycles. The molecular formula is C19H19F3N2O5. The second-order valence-electron chi connectivity index (χ2n) is 7.07. The highest BCUT2D eigenvalue weighted by Crippen LogP contribution is 2.32. The summed E-state index contributed by atoms with van der Waals surface area (Å²) in [5, 5.41) is 4.49. The second-order valence-corrected chi connectivity index (χ2v) is 7.07. The number of imide groups is 1. The minimum atomic E-state index is -4.52. The van der Waals surface area contributed by atoms with Crippen molar-refractivity contribution >= 4 is 17.9 Å². The highest BCUT2D eigenvalue weighted by Gasteiger charge is 2.30. The van der Waals surface area contributed by atoms with Gasteiger partial charge in [0, 0.05) is 11.1 Å². The van der Waals surface area contributed by atoms with Gasteiger partial charge in [-0.25, -0.2) is 9.59 Å². The number of ether oxygens (including phenoxy) is 1. The van der Waals surface area contributed by atoms with Crippen LogP contribution in [0.4, 0.5) is 18.0 Å². The van der Waals surface area contributed by atoms with E-state index in [-0.39, 0.29) is 17.1 Å². The first kappa shape index (κ1) is 22.0. The molecule has 156 valence electrons. The molecule has 0 fully saturated rings. The molecule has 1 aromatic heterocycles. The Hall–Kier alpha value is -3.30. The number of amides is 3. The third kappa shape index (κ3) is 6.66. The summed E-state index contributed by atoms with van der Waals surface area (Å²) >= 11 is 0. The average Bonchev–Trinajstić information content (AvgIpc) is 3.07. The fourth-order valence-corrected chi connectivity index (χ4v) is 2.19. The normalized spacial score (nSPS) is 11.7. The molecule has 0 spiro atoms. The molecule has 0 saturated carbocycles. The Kier molecular flexibility index (Phi) is 6.35. The standard InChI is InChI=1S/C19H19F3N2O5/c1-18(2,3)24-17(27)23-15(25)10-28-16(26)14-8-7-13(29-14)11-5-4-6-12(9-11)19(20,21)22/h4-9H,10H2,1-3H3,(H2,23,24,25,27). The van der Waals surface area contributed by atoms with Crippen molar-refractivity contribution in [3.8, 4) is 11.3 Å². The van der Waals surface area contributed by atoms with Crippen molar-refractivity contribution in [2.24, 2.45) is 0 Å². The molecule has 10 heteroatoms. The van der Waals surface area contributed by atoms with Crippen LogP contribution in [0.5, 0.6) is 0 Å². The van der Waals surface area contributed by atoms with Gasteiger partial charge in [-0.2, -0.15) is 13.2 Å². The van der Waals surface area contributed by atoms with Crippen LogP contribution in [0.15, 0.2) is 40.8 Å². The van der Waals surface area contributed by atoms with Crippen LogP contribution in [-0.4, -0.2) is 30.1 Å². The smallest absolute Gasteiger partial charge is 0.416 e. The van der Waals surface area contributed by atoms with Gasteiger partial charge < -0.3 is 14.5 Å². The van der Waals surface area contributed by atoms with E-state index in [1.807, 2.05) is 5.32 Å². The lowest BCUT2D eigenvalue weighted by Gasteiger charge is -2.20. The first-order valence-corrected chi connectivity index (χ1v) is 8.42. The zero-order valence-corrected chi connectivity index (χ0v) is 15.8. The van der Waals surface area contributed by atoms with E-state index < -0.39 is 41.8 Å². The van der Waals surface area contributed by atoms with Crippen LogP contribution in [0.3, 0.4) is 0 Å². The largest absolute Gasteiger partial charge is 0.450 e. The van der Waals surface area contributed by atoms with Gasteiger partial charge in [0.1, 0.15) is 5.76 Å². The number of furan rings is 1. The van der Waals surface area contributed by atoms with Crippen LogP contribution in [0.1, 0.15) is 36.9 Å². The summed E-state index contributed by atoms with van der Waals surface area (Å²) in [7, 11) is 0. The molecule has 2 rings (SSSR count). The molecule has 0 radical (unpaired) electrons. The number of urea groups is 1. The maximum absolute atomic E-state index is 12.8. The summed E-state index contributed by atoms with van der Waals surface area (Å²) < 4.78 is 48.4. The molecular weight excluding hydrogens is 393 g/mol. The highest BCUT2D eigenvalue weighted by atomic mass is 19.4. The van der Waals surface area contributed by atoms with Crippen molar-refractivity contribution in [2.75, 3.05) is 6.61 Å². The quantitative estimate of drug-likeness (QED) is 0.746. The van der Waals surface area contributed by atoms with E-state index >= 15 is 0 Å². The van der Waals surface area contributed by atoms with E-state index in [0.29, 0.717) is 0 Å². The van der Waals surface area contributed by atoms with Crippen LogP contribution in [-0.2, 0) is 15.7 Å². The summed E-state index contributed by atoms with van der Waals surface area (Å²) in [6.45, 7) is 4.41. The Morgan fingerprint density at radius 1 is 1.07 bits per heavy atom. The van der Waals surface area contributed by atoms with Crippen LogP contribution in [0, 0.1) is 0 Å². The number of benzene rings is 1. The molecule has 1 heterocycles. The molecule has 1 aromatic carbocycles. The van der Waals surface area contributed by atoms with E-state index in [2.05, 4.69) is 5.32 Å². The van der Waals surface area contributed by atoms with E-state index in [0.717, 1.165) is 12.1 Å². The maximum atomic E-state index is 12.8. The molecule has 29 heavy (non-hydrogen) atoms. The molecule has 2 aromatic rings. The van der Waals surface area contributed by atoms with Crippen LogP contribution in [0.2, 0.25) is 0 Å². The second kappa shape index (κ2) is 8.38. The van der Waals surface area contributed by atoms with E-state index in [4.69, 9.17) is 9.15 Å². The first-order valence-electron chi connectivity index (χ1n) is 8.42. The van der Waals surface area contributed by atoms with Crippen LogP contribution < -0.4 is 10.6 Å².